The molecular weight excluding hydrogens is 459 g/mol. The second-order valence-corrected chi connectivity index (χ2v) is 7.66. The van der Waals surface area contributed by atoms with Crippen LogP contribution in [0.1, 0.15) is 32.1 Å². The standard InChI is InChI=1S/C20H18BrFN4O4/c1-5-20(8-30-9-20)25-19(29)16(27)13-10(2)15(26(4)11(13)3)18(28)24-12-6-7-23-17(21)14(12)22/h1,6-7H,8-9H2,2-4H3,(H,25,29)(H,23,24,28). The fourth-order valence-corrected chi connectivity index (χ4v) is 3.55. The van der Waals surface area contributed by atoms with Crippen LogP contribution in [0.5, 0.6) is 0 Å². The SMILES string of the molecule is C#CC1(NC(=O)C(=O)c2c(C)c(C(=O)Nc3ccnc(Br)c3F)n(C)c2C)COC1. The topological polar surface area (TPSA) is 102 Å². The molecule has 2 N–H and O–H groups in total. The van der Waals surface area contributed by atoms with E-state index in [4.69, 9.17) is 11.2 Å². The number of halogens is 2. The minimum Gasteiger partial charge on any atom is -0.374 e. The van der Waals surface area contributed by atoms with Gasteiger partial charge in [0.2, 0.25) is 0 Å². The molecule has 10 heteroatoms. The fourth-order valence-electron chi connectivity index (χ4n) is 3.22. The van der Waals surface area contributed by atoms with Gasteiger partial charge in [-0.2, -0.15) is 0 Å². The predicted octanol–water partition coefficient (Wildman–Crippen LogP) is 1.89. The molecule has 0 aromatic carbocycles. The third-order valence-corrected chi connectivity index (χ3v) is 5.55. The van der Waals surface area contributed by atoms with Gasteiger partial charge >= 0.3 is 0 Å². The van der Waals surface area contributed by atoms with E-state index in [0.717, 1.165) is 0 Å². The van der Waals surface area contributed by atoms with Crippen molar-refractivity contribution in [2.24, 2.45) is 7.05 Å². The molecule has 30 heavy (non-hydrogen) atoms. The van der Waals surface area contributed by atoms with Gasteiger partial charge in [0.15, 0.2) is 5.82 Å². The van der Waals surface area contributed by atoms with E-state index in [1.54, 1.807) is 20.9 Å². The first-order valence-electron chi connectivity index (χ1n) is 8.81. The van der Waals surface area contributed by atoms with Gasteiger partial charge in [0.25, 0.3) is 17.6 Å². The number of Topliss-reactive ketones (excluding diaryl/α,β-unsaturated/α-hetero) is 1. The molecule has 0 unspecified atom stereocenters. The molecule has 0 aliphatic carbocycles. The van der Waals surface area contributed by atoms with Crippen molar-refractivity contribution in [1.29, 1.82) is 0 Å². The first-order valence-corrected chi connectivity index (χ1v) is 9.60. The number of anilines is 1. The van der Waals surface area contributed by atoms with Crippen LogP contribution < -0.4 is 10.6 Å². The van der Waals surface area contributed by atoms with Gasteiger partial charge in [-0.15, -0.1) is 6.42 Å². The summed E-state index contributed by atoms with van der Waals surface area (Å²) in [5, 5.41) is 4.99. The van der Waals surface area contributed by atoms with Gasteiger partial charge < -0.3 is 19.9 Å². The maximum Gasteiger partial charge on any atom is 0.293 e. The Hall–Kier alpha value is -3.03. The Bertz CT molecular complexity index is 1110. The number of carbonyl (C=O) groups is 3. The summed E-state index contributed by atoms with van der Waals surface area (Å²) >= 11 is 2.96. The van der Waals surface area contributed by atoms with Crippen LogP contribution in [0.15, 0.2) is 16.9 Å². The number of ether oxygens (including phenoxy) is 1. The molecule has 156 valence electrons. The van der Waals surface area contributed by atoms with E-state index in [0.29, 0.717) is 11.3 Å². The van der Waals surface area contributed by atoms with E-state index in [9.17, 15) is 18.8 Å². The molecule has 0 bridgehead atoms. The van der Waals surface area contributed by atoms with E-state index in [1.807, 2.05) is 0 Å². The summed E-state index contributed by atoms with van der Waals surface area (Å²) in [4.78, 5) is 41.9. The van der Waals surface area contributed by atoms with Gasteiger partial charge in [-0.3, -0.25) is 14.4 Å². The molecule has 0 atom stereocenters. The molecule has 2 aromatic heterocycles. The summed E-state index contributed by atoms with van der Waals surface area (Å²) in [6.45, 7) is 3.40. The van der Waals surface area contributed by atoms with Crippen molar-refractivity contribution < 1.29 is 23.5 Å². The molecule has 0 spiro atoms. The number of pyridine rings is 1. The number of nitrogens with zero attached hydrogens (tertiary/aromatic N) is 2. The minimum absolute atomic E-state index is 0.0463. The average Bonchev–Trinajstić information content (AvgIpc) is 2.90. The zero-order valence-electron chi connectivity index (χ0n) is 16.4. The zero-order chi connectivity index (χ0) is 22.2. The molecule has 1 aliphatic rings. The maximum absolute atomic E-state index is 14.2. The van der Waals surface area contributed by atoms with E-state index in [-0.39, 0.29) is 34.8 Å². The molecular formula is C20H18BrFN4O4. The first-order chi connectivity index (χ1) is 14.1. The number of rotatable bonds is 5. The number of amides is 2. The highest BCUT2D eigenvalue weighted by Gasteiger charge is 2.40. The Morgan fingerprint density at radius 1 is 1.37 bits per heavy atom. The van der Waals surface area contributed by atoms with Gasteiger partial charge in [-0.1, -0.05) is 5.92 Å². The number of aromatic nitrogens is 2. The van der Waals surface area contributed by atoms with E-state index in [2.05, 4.69) is 37.5 Å². The first kappa shape index (κ1) is 21.7. The largest absolute Gasteiger partial charge is 0.374 e. The predicted molar refractivity (Wildman–Crippen MR) is 110 cm³/mol. The molecule has 2 amide bonds. The summed E-state index contributed by atoms with van der Waals surface area (Å²) < 4.78 is 20.6. The average molecular weight is 477 g/mol. The van der Waals surface area contributed by atoms with Crippen LogP contribution in [-0.4, -0.2) is 45.9 Å². The molecule has 0 saturated carbocycles. The quantitative estimate of drug-likeness (QED) is 0.297. The van der Waals surface area contributed by atoms with Crippen molar-refractivity contribution in [2.45, 2.75) is 19.4 Å². The van der Waals surface area contributed by atoms with Gasteiger partial charge in [-0.25, -0.2) is 9.37 Å². The zero-order valence-corrected chi connectivity index (χ0v) is 18.0. The second-order valence-electron chi connectivity index (χ2n) is 6.91. The van der Waals surface area contributed by atoms with Gasteiger partial charge in [0, 0.05) is 18.9 Å². The molecule has 8 nitrogen and oxygen atoms in total. The number of hydrogen-bond acceptors (Lipinski definition) is 5. The highest BCUT2D eigenvalue weighted by molar-refractivity contribution is 9.10. The van der Waals surface area contributed by atoms with Crippen LogP contribution in [0.3, 0.4) is 0 Å². The Labute approximate surface area is 180 Å². The number of terminal acetylenes is 1. The molecule has 1 aliphatic heterocycles. The number of nitrogens with one attached hydrogen (secondary N) is 2. The molecule has 1 fully saturated rings. The molecule has 3 rings (SSSR count). The van der Waals surface area contributed by atoms with Crippen molar-refractivity contribution in [3.8, 4) is 12.3 Å². The van der Waals surface area contributed by atoms with Crippen molar-refractivity contribution in [3.63, 3.8) is 0 Å². The lowest BCUT2D eigenvalue weighted by Crippen LogP contribution is -2.62. The third kappa shape index (κ3) is 3.62. The monoisotopic (exact) mass is 476 g/mol. The van der Waals surface area contributed by atoms with Gasteiger partial charge in [0.1, 0.15) is 15.8 Å². The molecule has 2 aromatic rings. The lowest BCUT2D eigenvalue weighted by molar-refractivity contribution is -0.124. The molecule has 0 radical (unpaired) electrons. The smallest absolute Gasteiger partial charge is 0.293 e. The van der Waals surface area contributed by atoms with Crippen molar-refractivity contribution in [1.82, 2.24) is 14.9 Å². The van der Waals surface area contributed by atoms with E-state index in [1.165, 1.54) is 16.8 Å². The van der Waals surface area contributed by atoms with Crippen LogP contribution in [0.25, 0.3) is 0 Å². The highest BCUT2D eigenvalue weighted by atomic mass is 79.9. The van der Waals surface area contributed by atoms with Crippen molar-refractivity contribution in [2.75, 3.05) is 18.5 Å². The summed E-state index contributed by atoms with van der Waals surface area (Å²) in [5.74, 6) is -0.641. The second kappa shape index (κ2) is 8.01. The maximum atomic E-state index is 14.2. The highest BCUT2D eigenvalue weighted by Crippen LogP contribution is 2.25. The summed E-state index contributed by atoms with van der Waals surface area (Å²) in [6, 6.07) is 1.31. The summed E-state index contributed by atoms with van der Waals surface area (Å²) in [7, 11) is 1.58. The molecule has 1 saturated heterocycles. The Morgan fingerprint density at radius 3 is 2.60 bits per heavy atom. The number of carbonyl (C=O) groups excluding carboxylic acids is 3. The lowest BCUT2D eigenvalue weighted by atomic mass is 9.97. The number of ketones is 1. The normalized spacial score (nSPS) is 14.4. The number of hydrogen-bond donors (Lipinski definition) is 2. The van der Waals surface area contributed by atoms with Gasteiger partial charge in [-0.05, 0) is 41.4 Å². The van der Waals surface area contributed by atoms with Crippen LogP contribution in [0, 0.1) is 32.0 Å². The molecule has 3 heterocycles. The van der Waals surface area contributed by atoms with Crippen LogP contribution in [0.4, 0.5) is 10.1 Å². The van der Waals surface area contributed by atoms with E-state index >= 15 is 0 Å². The van der Waals surface area contributed by atoms with Crippen molar-refractivity contribution in [3.05, 3.63) is 45.2 Å². The summed E-state index contributed by atoms with van der Waals surface area (Å²) in [5.41, 5.74) is -0.171. The Morgan fingerprint density at radius 2 is 2.03 bits per heavy atom. The van der Waals surface area contributed by atoms with Crippen LogP contribution in [0.2, 0.25) is 0 Å². The summed E-state index contributed by atoms with van der Waals surface area (Å²) in [6.07, 6.45) is 6.76. The van der Waals surface area contributed by atoms with Gasteiger partial charge in [0.05, 0.1) is 24.5 Å². The lowest BCUT2D eigenvalue weighted by Gasteiger charge is -2.37. The minimum atomic E-state index is -1.00. The Balaban J connectivity index is 1.90. The van der Waals surface area contributed by atoms with Crippen molar-refractivity contribution >= 4 is 39.2 Å². The van der Waals surface area contributed by atoms with Crippen LogP contribution >= 0.6 is 15.9 Å². The van der Waals surface area contributed by atoms with E-state index < -0.39 is 29.0 Å². The third-order valence-electron chi connectivity index (χ3n) is 5.00. The fraction of sp³-hybridized carbons (Fsp3) is 0.300. The van der Waals surface area contributed by atoms with Crippen LogP contribution in [-0.2, 0) is 16.6 Å². The Kier molecular flexibility index (Phi) is 5.78.